The summed E-state index contributed by atoms with van der Waals surface area (Å²) in [6.07, 6.45) is 3.34. The van der Waals surface area contributed by atoms with Crippen LogP contribution in [0.3, 0.4) is 0 Å². The topological polar surface area (TPSA) is 50.8 Å². The van der Waals surface area contributed by atoms with Gasteiger partial charge >= 0.3 is 6.09 Å². The molecule has 1 aliphatic rings. The molecule has 2 aromatic carbocycles. The van der Waals surface area contributed by atoms with Crippen molar-refractivity contribution in [3.05, 3.63) is 53.6 Å². The molecule has 0 aromatic heterocycles. The second-order valence-corrected chi connectivity index (χ2v) is 6.68. The van der Waals surface area contributed by atoms with Crippen molar-refractivity contribution >= 4 is 23.4 Å². The normalized spacial score (nSPS) is 14.7. The quantitative estimate of drug-likeness (QED) is 0.787. The number of carbonyl (C=O) groups excluding carboxylic acids is 1. The van der Waals surface area contributed by atoms with Gasteiger partial charge in [0.15, 0.2) is 0 Å². The van der Waals surface area contributed by atoms with Crippen molar-refractivity contribution in [1.29, 1.82) is 0 Å². The molecule has 1 aliphatic heterocycles. The summed E-state index contributed by atoms with van der Waals surface area (Å²) in [6.45, 7) is 3.94. The van der Waals surface area contributed by atoms with Crippen LogP contribution >= 0.6 is 11.6 Å². The zero-order valence-corrected chi connectivity index (χ0v) is 15.4. The number of piperidine rings is 1. The molecule has 0 spiro atoms. The molecule has 138 valence electrons. The minimum absolute atomic E-state index is 0.452. The summed E-state index contributed by atoms with van der Waals surface area (Å²) < 4.78 is 11.0. The van der Waals surface area contributed by atoms with Crippen LogP contribution < -0.4 is 14.8 Å². The van der Waals surface area contributed by atoms with Gasteiger partial charge in [-0.25, -0.2) is 4.79 Å². The monoisotopic (exact) mass is 374 g/mol. The van der Waals surface area contributed by atoms with E-state index in [1.807, 2.05) is 0 Å². The second-order valence-electron chi connectivity index (χ2n) is 6.25. The van der Waals surface area contributed by atoms with Gasteiger partial charge < -0.3 is 9.47 Å². The van der Waals surface area contributed by atoms with Gasteiger partial charge in [0.05, 0.1) is 0 Å². The standard InChI is InChI=1S/C20H23ClN2O3/c21-16-5-4-6-17(15-16)22-20(24)26-19-9-7-18(8-10-19)25-14-13-23-11-2-1-3-12-23/h4-10,15H,1-3,11-14H2,(H,22,24). The molecule has 0 unspecified atom stereocenters. The van der Waals surface area contributed by atoms with Crippen molar-refractivity contribution in [2.75, 3.05) is 31.6 Å². The van der Waals surface area contributed by atoms with Crippen LogP contribution in [0, 0.1) is 0 Å². The molecule has 1 N–H and O–H groups in total. The van der Waals surface area contributed by atoms with Gasteiger partial charge in [-0.2, -0.15) is 0 Å². The molecular formula is C20H23ClN2O3. The zero-order chi connectivity index (χ0) is 18.2. The molecule has 1 saturated heterocycles. The largest absolute Gasteiger partial charge is 0.492 e. The van der Waals surface area contributed by atoms with Crippen LogP contribution in [0.1, 0.15) is 19.3 Å². The number of nitrogens with zero attached hydrogens (tertiary/aromatic N) is 1. The Labute approximate surface area is 158 Å². The maximum atomic E-state index is 11.9. The third-order valence-electron chi connectivity index (χ3n) is 4.23. The molecule has 2 aromatic rings. The Bertz CT molecular complexity index is 715. The van der Waals surface area contributed by atoms with Crippen LogP contribution in [0.2, 0.25) is 5.02 Å². The molecule has 0 atom stereocenters. The number of anilines is 1. The first-order valence-electron chi connectivity index (χ1n) is 8.89. The van der Waals surface area contributed by atoms with E-state index in [9.17, 15) is 4.79 Å². The molecular weight excluding hydrogens is 352 g/mol. The molecule has 5 nitrogen and oxygen atoms in total. The Hall–Kier alpha value is -2.24. The third kappa shape index (κ3) is 5.93. The number of likely N-dealkylation sites (tertiary alicyclic amines) is 1. The Kier molecular flexibility index (Phi) is 6.75. The lowest BCUT2D eigenvalue weighted by atomic mass is 10.1. The molecule has 1 fully saturated rings. The van der Waals surface area contributed by atoms with Gasteiger partial charge in [0.25, 0.3) is 0 Å². The summed E-state index contributed by atoms with van der Waals surface area (Å²) in [6, 6.07) is 13.9. The highest BCUT2D eigenvalue weighted by Crippen LogP contribution is 2.19. The fourth-order valence-corrected chi connectivity index (χ4v) is 3.09. The van der Waals surface area contributed by atoms with Crippen molar-refractivity contribution < 1.29 is 14.3 Å². The number of amides is 1. The average Bonchev–Trinajstić information content (AvgIpc) is 2.64. The van der Waals surface area contributed by atoms with Crippen LogP contribution in [0.5, 0.6) is 11.5 Å². The molecule has 1 amide bonds. The van der Waals surface area contributed by atoms with E-state index in [4.69, 9.17) is 21.1 Å². The van der Waals surface area contributed by atoms with Crippen molar-refractivity contribution in [3.8, 4) is 11.5 Å². The van der Waals surface area contributed by atoms with Gasteiger partial charge in [0.1, 0.15) is 18.1 Å². The van der Waals surface area contributed by atoms with E-state index in [-0.39, 0.29) is 0 Å². The van der Waals surface area contributed by atoms with Crippen molar-refractivity contribution in [3.63, 3.8) is 0 Å². The fourth-order valence-electron chi connectivity index (χ4n) is 2.90. The molecule has 0 bridgehead atoms. The first kappa shape index (κ1) is 18.5. The Morgan fingerprint density at radius 2 is 1.77 bits per heavy atom. The highest BCUT2D eigenvalue weighted by molar-refractivity contribution is 6.30. The van der Waals surface area contributed by atoms with Gasteiger partial charge in [0, 0.05) is 17.3 Å². The summed E-state index contributed by atoms with van der Waals surface area (Å²) in [5, 5.41) is 3.18. The van der Waals surface area contributed by atoms with E-state index in [1.165, 1.54) is 19.3 Å². The molecule has 0 radical (unpaired) electrons. The smallest absolute Gasteiger partial charge is 0.417 e. The SMILES string of the molecule is O=C(Nc1cccc(Cl)c1)Oc1ccc(OCCN2CCCCC2)cc1. The van der Waals surface area contributed by atoms with Gasteiger partial charge in [-0.05, 0) is 68.4 Å². The lowest BCUT2D eigenvalue weighted by molar-refractivity contribution is 0.183. The molecule has 6 heteroatoms. The molecule has 1 heterocycles. The first-order chi connectivity index (χ1) is 12.7. The van der Waals surface area contributed by atoms with Crippen LogP contribution in [0.25, 0.3) is 0 Å². The lowest BCUT2D eigenvalue weighted by Gasteiger charge is -2.26. The van der Waals surface area contributed by atoms with Crippen LogP contribution in [-0.2, 0) is 0 Å². The van der Waals surface area contributed by atoms with Gasteiger partial charge in [-0.3, -0.25) is 10.2 Å². The fraction of sp³-hybridized carbons (Fsp3) is 0.350. The number of ether oxygens (including phenoxy) is 2. The maximum absolute atomic E-state index is 11.9. The highest BCUT2D eigenvalue weighted by atomic mass is 35.5. The number of rotatable bonds is 6. The predicted octanol–water partition coefficient (Wildman–Crippen LogP) is 4.82. The van der Waals surface area contributed by atoms with Crippen LogP contribution in [0.4, 0.5) is 10.5 Å². The second kappa shape index (κ2) is 9.46. The molecule has 3 rings (SSSR count). The number of halogens is 1. The van der Waals surface area contributed by atoms with E-state index in [0.29, 0.717) is 23.1 Å². The predicted molar refractivity (Wildman–Crippen MR) is 103 cm³/mol. The van der Waals surface area contributed by atoms with Gasteiger partial charge in [0.2, 0.25) is 0 Å². The Morgan fingerprint density at radius 1 is 1.04 bits per heavy atom. The van der Waals surface area contributed by atoms with Gasteiger partial charge in [-0.15, -0.1) is 0 Å². The lowest BCUT2D eigenvalue weighted by Crippen LogP contribution is -2.33. The van der Waals surface area contributed by atoms with Crippen molar-refractivity contribution in [2.45, 2.75) is 19.3 Å². The summed E-state index contributed by atoms with van der Waals surface area (Å²) in [7, 11) is 0. The average molecular weight is 375 g/mol. The minimum Gasteiger partial charge on any atom is -0.492 e. The molecule has 26 heavy (non-hydrogen) atoms. The zero-order valence-electron chi connectivity index (χ0n) is 14.6. The number of hydrogen-bond donors (Lipinski definition) is 1. The molecule has 0 saturated carbocycles. The van der Waals surface area contributed by atoms with E-state index >= 15 is 0 Å². The third-order valence-corrected chi connectivity index (χ3v) is 4.47. The maximum Gasteiger partial charge on any atom is 0.417 e. The van der Waals surface area contributed by atoms with Crippen LogP contribution in [0.15, 0.2) is 48.5 Å². The minimum atomic E-state index is -0.564. The van der Waals surface area contributed by atoms with E-state index in [0.717, 1.165) is 25.4 Å². The molecule has 0 aliphatic carbocycles. The van der Waals surface area contributed by atoms with E-state index < -0.39 is 6.09 Å². The van der Waals surface area contributed by atoms with Gasteiger partial charge in [-0.1, -0.05) is 24.1 Å². The summed E-state index contributed by atoms with van der Waals surface area (Å²) in [4.78, 5) is 14.3. The highest BCUT2D eigenvalue weighted by Gasteiger charge is 2.10. The van der Waals surface area contributed by atoms with Crippen LogP contribution in [-0.4, -0.2) is 37.2 Å². The summed E-state index contributed by atoms with van der Waals surface area (Å²) in [5.74, 6) is 1.22. The number of hydrogen-bond acceptors (Lipinski definition) is 4. The number of nitrogens with one attached hydrogen (secondary N) is 1. The number of benzene rings is 2. The number of carbonyl (C=O) groups is 1. The van der Waals surface area contributed by atoms with E-state index in [1.54, 1.807) is 48.5 Å². The summed E-state index contributed by atoms with van der Waals surface area (Å²) in [5.41, 5.74) is 0.583. The Morgan fingerprint density at radius 3 is 2.50 bits per heavy atom. The van der Waals surface area contributed by atoms with Crippen molar-refractivity contribution in [1.82, 2.24) is 4.90 Å². The Balaban J connectivity index is 1.42. The first-order valence-corrected chi connectivity index (χ1v) is 9.26. The van der Waals surface area contributed by atoms with Crippen molar-refractivity contribution in [2.24, 2.45) is 0 Å². The summed E-state index contributed by atoms with van der Waals surface area (Å²) >= 11 is 5.89. The van der Waals surface area contributed by atoms with E-state index in [2.05, 4.69) is 10.2 Å².